The molecule has 0 spiro atoms. The molecule has 76 heavy (non-hydrogen) atoms. The van der Waals surface area contributed by atoms with Gasteiger partial charge in [-0.25, -0.2) is 0 Å². The maximum Gasteiger partial charge on any atom is 0.306 e. The van der Waals surface area contributed by atoms with E-state index in [0.717, 1.165) is 57.8 Å². The van der Waals surface area contributed by atoms with Gasteiger partial charge in [-0.1, -0.05) is 316 Å². The number of amides is 1. The molecule has 0 radical (unpaired) electrons. The molecule has 0 heterocycles. The molecule has 3 unspecified atom stereocenters. The normalized spacial score (nSPS) is 13.6. The quantitative estimate of drug-likeness (QED) is 0.0212. The fourth-order valence-corrected chi connectivity index (χ4v) is 11.0. The van der Waals surface area contributed by atoms with E-state index in [2.05, 4.69) is 26.1 Å². The molecule has 452 valence electrons. The van der Waals surface area contributed by atoms with E-state index in [1.807, 2.05) is 33.3 Å². The third-order valence-electron chi connectivity index (χ3n) is 15.5. The van der Waals surface area contributed by atoms with E-state index in [1.165, 1.54) is 257 Å². The number of likely N-dealkylation sites (N-methyl/N-ethyl adjacent to an activating group) is 1. The van der Waals surface area contributed by atoms with Crippen molar-refractivity contribution in [1.29, 1.82) is 0 Å². The summed E-state index contributed by atoms with van der Waals surface area (Å²) in [6.45, 7) is 6.89. The van der Waals surface area contributed by atoms with Crippen molar-refractivity contribution < 1.29 is 37.3 Å². The summed E-state index contributed by atoms with van der Waals surface area (Å²) in [6, 6.07) is -0.879. The molecule has 0 aromatic heterocycles. The van der Waals surface area contributed by atoms with Crippen molar-refractivity contribution in [3.63, 3.8) is 0 Å². The van der Waals surface area contributed by atoms with Gasteiger partial charge in [0.2, 0.25) is 5.91 Å². The summed E-state index contributed by atoms with van der Waals surface area (Å²) >= 11 is 0. The van der Waals surface area contributed by atoms with Crippen LogP contribution in [0.3, 0.4) is 0 Å². The molecule has 0 fully saturated rings. The van der Waals surface area contributed by atoms with Gasteiger partial charge in [0.15, 0.2) is 0 Å². The Labute approximate surface area is 473 Å². The number of carbonyl (C=O) groups is 2. The Bertz CT molecular complexity index is 1310. The van der Waals surface area contributed by atoms with Crippen LogP contribution >= 0.6 is 7.82 Å². The van der Waals surface area contributed by atoms with E-state index in [4.69, 9.17) is 13.8 Å². The lowest BCUT2D eigenvalue weighted by Gasteiger charge is -2.30. The Hall–Kier alpha value is -1.25. The lowest BCUT2D eigenvalue weighted by atomic mass is 10.0. The predicted octanol–water partition coefficient (Wildman–Crippen LogP) is 20.1. The number of carbonyl (C=O) groups excluding carboxylic acids is 2. The zero-order valence-corrected chi connectivity index (χ0v) is 52.6. The van der Waals surface area contributed by atoms with Crippen LogP contribution in [0, 0.1) is 0 Å². The second-order valence-corrected chi connectivity index (χ2v) is 25.8. The Morgan fingerprint density at radius 1 is 0.447 bits per heavy atom. The first kappa shape index (κ1) is 74.8. The molecule has 0 aliphatic rings. The summed E-state index contributed by atoms with van der Waals surface area (Å²) in [5, 5.41) is 3.03. The molecule has 10 heteroatoms. The zero-order chi connectivity index (χ0) is 55.7. The van der Waals surface area contributed by atoms with Crippen LogP contribution in [0.4, 0.5) is 0 Å². The Morgan fingerprint density at radius 3 is 1.08 bits per heavy atom. The Balaban J connectivity index is 4.90. The lowest BCUT2D eigenvalue weighted by Crippen LogP contribution is -2.47. The van der Waals surface area contributed by atoms with Gasteiger partial charge < -0.3 is 28.5 Å². The van der Waals surface area contributed by atoms with Crippen molar-refractivity contribution in [2.24, 2.45) is 0 Å². The fourth-order valence-electron chi connectivity index (χ4n) is 10.3. The minimum absolute atomic E-state index is 0.0169. The van der Waals surface area contributed by atoms with Crippen LogP contribution in [0.25, 0.3) is 0 Å². The highest BCUT2D eigenvalue weighted by molar-refractivity contribution is 7.45. The van der Waals surface area contributed by atoms with Crippen LogP contribution in [-0.4, -0.2) is 69.4 Å². The highest BCUT2D eigenvalue weighted by Gasteiger charge is 2.27. The van der Waals surface area contributed by atoms with E-state index in [1.54, 1.807) is 0 Å². The van der Waals surface area contributed by atoms with Crippen molar-refractivity contribution >= 4 is 19.7 Å². The van der Waals surface area contributed by atoms with Gasteiger partial charge in [0, 0.05) is 12.8 Å². The van der Waals surface area contributed by atoms with Gasteiger partial charge in [0.05, 0.1) is 33.8 Å². The van der Waals surface area contributed by atoms with Crippen molar-refractivity contribution in [3.05, 3.63) is 12.2 Å². The lowest BCUT2D eigenvalue weighted by molar-refractivity contribution is -0.870. The average molecular weight is 1100 g/mol. The highest BCUT2D eigenvalue weighted by Crippen LogP contribution is 2.38. The summed E-state index contributed by atoms with van der Waals surface area (Å²) in [6.07, 6.45) is 66.3. The molecular formula is C66H131N2O7P. The number of hydrogen-bond acceptors (Lipinski definition) is 7. The van der Waals surface area contributed by atoms with E-state index < -0.39 is 20.0 Å². The van der Waals surface area contributed by atoms with Crippen LogP contribution in [0.1, 0.15) is 348 Å². The number of esters is 1. The van der Waals surface area contributed by atoms with Crippen molar-refractivity contribution in [1.82, 2.24) is 5.32 Å². The van der Waals surface area contributed by atoms with E-state index in [9.17, 15) is 19.0 Å². The van der Waals surface area contributed by atoms with Crippen LogP contribution in [0.2, 0.25) is 0 Å². The number of rotatable bonds is 62. The fraction of sp³-hybridized carbons (Fsp3) is 0.939. The third kappa shape index (κ3) is 57.4. The largest absolute Gasteiger partial charge is 0.756 e. The molecule has 0 aliphatic carbocycles. The predicted molar refractivity (Wildman–Crippen MR) is 326 cm³/mol. The molecule has 0 rings (SSSR count). The molecule has 0 bridgehead atoms. The number of allylic oxidation sites excluding steroid dienone is 1. The number of ether oxygens (including phenoxy) is 1. The summed E-state index contributed by atoms with van der Waals surface area (Å²) < 4.78 is 30.3. The number of nitrogens with zero attached hydrogens (tertiary/aromatic N) is 1. The zero-order valence-electron chi connectivity index (χ0n) is 51.7. The molecule has 0 saturated carbocycles. The van der Waals surface area contributed by atoms with E-state index in [-0.39, 0.29) is 31.5 Å². The van der Waals surface area contributed by atoms with E-state index in [0.29, 0.717) is 17.4 Å². The smallest absolute Gasteiger partial charge is 0.306 e. The van der Waals surface area contributed by atoms with Crippen molar-refractivity contribution in [3.8, 4) is 0 Å². The average Bonchev–Trinajstić information content (AvgIpc) is 3.38. The maximum absolute atomic E-state index is 13.5. The van der Waals surface area contributed by atoms with Gasteiger partial charge in [0.25, 0.3) is 7.82 Å². The van der Waals surface area contributed by atoms with Crippen molar-refractivity contribution in [2.45, 2.75) is 360 Å². The molecular weight excluding hydrogens is 964 g/mol. The standard InChI is InChI=1S/C66H131N2O7P/c1-7-10-13-16-19-22-25-27-28-29-30-31-32-33-34-35-36-37-38-39-40-41-44-47-50-53-56-59-66(70)75-64(57-54-51-48-45-43-26-23-20-17-14-11-8-2)63(62-74-76(71,72)73-61-60-68(4,5)6)67-65(69)58-55-52-49-46-42-24-21-18-15-12-9-3/h54,57,63-64H,7-53,55-56,58-62H2,1-6H3,(H-,67,69,71,72)/b57-54-. The summed E-state index contributed by atoms with van der Waals surface area (Å²) in [7, 11) is 1.21. The molecule has 0 aromatic carbocycles. The van der Waals surface area contributed by atoms with Gasteiger partial charge in [-0.15, -0.1) is 0 Å². The van der Waals surface area contributed by atoms with Gasteiger partial charge in [0.1, 0.15) is 19.3 Å². The number of unbranched alkanes of at least 4 members (excludes halogenated alkanes) is 46. The maximum atomic E-state index is 13.5. The third-order valence-corrected chi connectivity index (χ3v) is 16.4. The van der Waals surface area contributed by atoms with Crippen molar-refractivity contribution in [2.75, 3.05) is 40.9 Å². The van der Waals surface area contributed by atoms with Crippen LogP contribution in [0.5, 0.6) is 0 Å². The SMILES string of the molecule is CCCCCCCCCCCC/C=C\C(OC(=O)CCCCCCCCCCCCCCCCCCCCCCCCCCCCC)C(COP(=O)([O-])OCC[N+](C)(C)C)NC(=O)CCCCCCCCCCCCC. The molecule has 0 saturated heterocycles. The van der Waals surface area contributed by atoms with E-state index >= 15 is 0 Å². The molecule has 0 aliphatic heterocycles. The number of nitrogens with one attached hydrogen (secondary N) is 1. The topological polar surface area (TPSA) is 114 Å². The number of phosphoric ester groups is 1. The second kappa shape index (κ2) is 57.0. The number of phosphoric acid groups is 1. The molecule has 9 nitrogen and oxygen atoms in total. The number of quaternary nitrogens is 1. The summed E-state index contributed by atoms with van der Waals surface area (Å²) in [5.74, 6) is -0.520. The first-order valence-electron chi connectivity index (χ1n) is 33.5. The monoisotopic (exact) mass is 1090 g/mol. The van der Waals surface area contributed by atoms with Crippen LogP contribution in [-0.2, 0) is 27.9 Å². The number of hydrogen-bond donors (Lipinski definition) is 1. The van der Waals surface area contributed by atoms with Gasteiger partial charge >= 0.3 is 5.97 Å². The minimum atomic E-state index is -4.69. The minimum Gasteiger partial charge on any atom is -0.756 e. The highest BCUT2D eigenvalue weighted by atomic mass is 31.2. The molecule has 3 atom stereocenters. The molecule has 0 aromatic rings. The Kier molecular flexibility index (Phi) is 56.1. The first-order valence-corrected chi connectivity index (χ1v) is 35.0. The van der Waals surface area contributed by atoms with Crippen LogP contribution in [0.15, 0.2) is 12.2 Å². The van der Waals surface area contributed by atoms with Gasteiger partial charge in [-0.3, -0.25) is 14.2 Å². The summed E-state index contributed by atoms with van der Waals surface area (Å²) in [5.41, 5.74) is 0. The van der Waals surface area contributed by atoms with Gasteiger partial charge in [-0.2, -0.15) is 0 Å². The molecule has 1 N–H and O–H groups in total. The first-order chi connectivity index (χ1) is 36.9. The Morgan fingerprint density at radius 2 is 0.750 bits per heavy atom. The molecule has 1 amide bonds. The van der Waals surface area contributed by atoms with Crippen LogP contribution < -0.4 is 10.2 Å². The van der Waals surface area contributed by atoms with Gasteiger partial charge in [-0.05, 0) is 31.8 Å². The summed E-state index contributed by atoms with van der Waals surface area (Å²) in [4.78, 5) is 39.9. The second-order valence-electron chi connectivity index (χ2n) is 24.3.